The van der Waals surface area contributed by atoms with E-state index in [2.05, 4.69) is 56.4 Å². The first-order valence-corrected chi connectivity index (χ1v) is 21.7. The molecule has 308 valence electrons. The molecule has 0 fully saturated rings. The van der Waals surface area contributed by atoms with Gasteiger partial charge in [0.15, 0.2) is 6.10 Å². The molecule has 0 saturated carbocycles. The van der Waals surface area contributed by atoms with Gasteiger partial charge in [0.2, 0.25) is 0 Å². The van der Waals surface area contributed by atoms with Crippen molar-refractivity contribution < 1.29 is 42.7 Å². The predicted octanol–water partition coefficient (Wildman–Crippen LogP) is 10.2. The van der Waals surface area contributed by atoms with Crippen LogP contribution in [0.4, 0.5) is 0 Å². The zero-order valence-electron chi connectivity index (χ0n) is 33.3. The van der Waals surface area contributed by atoms with Gasteiger partial charge in [-0.05, 0) is 83.5 Å². The second-order valence-electron chi connectivity index (χ2n) is 13.0. The fourth-order valence-electron chi connectivity index (χ4n) is 4.77. The Kier molecular flexibility index (Phi) is 36.4. The lowest BCUT2D eigenvalue weighted by Gasteiger charge is -2.19. The maximum absolute atomic E-state index is 12.5. The number of phosphoric ester groups is 1. The van der Waals surface area contributed by atoms with Crippen LogP contribution in [0.25, 0.3) is 0 Å². The number of unbranched alkanes of at least 4 members (excludes halogenated alkanes) is 9. The third-order valence-electron chi connectivity index (χ3n) is 7.83. The van der Waals surface area contributed by atoms with E-state index in [1.54, 1.807) is 6.08 Å². The summed E-state index contributed by atoms with van der Waals surface area (Å²) in [5.41, 5.74) is 5.33. The molecule has 3 atom stereocenters. The van der Waals surface area contributed by atoms with Crippen molar-refractivity contribution in [3.05, 3.63) is 85.1 Å². The van der Waals surface area contributed by atoms with Crippen molar-refractivity contribution in [1.82, 2.24) is 0 Å². The summed E-state index contributed by atoms with van der Waals surface area (Å²) in [6, 6.07) is 0. The number of ether oxygens (including phenoxy) is 2. The van der Waals surface area contributed by atoms with Gasteiger partial charge in [-0.1, -0.05) is 125 Å². The number of carbonyl (C=O) groups excluding carboxylic acids is 2. The van der Waals surface area contributed by atoms with Crippen molar-refractivity contribution in [3.63, 3.8) is 0 Å². The molecular weight excluding hydrogens is 705 g/mol. The van der Waals surface area contributed by atoms with Gasteiger partial charge in [0.1, 0.15) is 6.61 Å². The van der Waals surface area contributed by atoms with E-state index in [1.807, 2.05) is 36.5 Å². The van der Waals surface area contributed by atoms with Crippen LogP contribution in [0.15, 0.2) is 85.1 Å². The van der Waals surface area contributed by atoms with Crippen molar-refractivity contribution in [2.24, 2.45) is 5.73 Å². The summed E-state index contributed by atoms with van der Waals surface area (Å²) in [5, 5.41) is 10.1. The van der Waals surface area contributed by atoms with Gasteiger partial charge in [-0.2, -0.15) is 0 Å². The Morgan fingerprint density at radius 1 is 0.648 bits per heavy atom. The molecule has 0 radical (unpaired) electrons. The Balaban J connectivity index is 4.45. The highest BCUT2D eigenvalue weighted by Gasteiger charge is 2.25. The minimum Gasteiger partial charge on any atom is -0.462 e. The second kappa shape index (κ2) is 38.4. The van der Waals surface area contributed by atoms with Crippen LogP contribution in [0.3, 0.4) is 0 Å². The van der Waals surface area contributed by atoms with Crippen molar-refractivity contribution in [3.8, 4) is 0 Å². The third kappa shape index (κ3) is 37.5. The lowest BCUT2D eigenvalue weighted by Crippen LogP contribution is -2.29. The fraction of sp³-hybridized carbons (Fsp3) is 0.628. The van der Waals surface area contributed by atoms with Crippen LogP contribution >= 0.6 is 7.82 Å². The molecule has 0 bridgehead atoms. The first-order valence-electron chi connectivity index (χ1n) is 20.2. The van der Waals surface area contributed by atoms with Gasteiger partial charge in [-0.15, -0.1) is 0 Å². The molecule has 0 rings (SSSR count). The number of hydrogen-bond acceptors (Lipinski definition) is 9. The topological polar surface area (TPSA) is 155 Å². The predicted molar refractivity (Wildman–Crippen MR) is 221 cm³/mol. The van der Waals surface area contributed by atoms with E-state index >= 15 is 0 Å². The van der Waals surface area contributed by atoms with Crippen LogP contribution in [-0.4, -0.2) is 60.5 Å². The Hall–Kier alpha value is -2.85. The summed E-state index contributed by atoms with van der Waals surface area (Å²) >= 11 is 0. The molecule has 0 aromatic rings. The molecule has 0 aliphatic rings. The molecule has 0 spiro atoms. The molecule has 11 heteroatoms. The Bertz CT molecular complexity index is 1180. The highest BCUT2D eigenvalue weighted by molar-refractivity contribution is 7.47. The fourth-order valence-corrected chi connectivity index (χ4v) is 5.54. The highest BCUT2D eigenvalue weighted by Crippen LogP contribution is 2.43. The number of nitrogens with two attached hydrogens (primary N) is 1. The Morgan fingerprint density at radius 2 is 1.19 bits per heavy atom. The monoisotopic (exact) mass is 777 g/mol. The van der Waals surface area contributed by atoms with Gasteiger partial charge in [0.05, 0.1) is 19.3 Å². The summed E-state index contributed by atoms with van der Waals surface area (Å²) in [6.45, 7) is 3.44. The van der Waals surface area contributed by atoms with Crippen LogP contribution < -0.4 is 5.73 Å². The van der Waals surface area contributed by atoms with E-state index in [-0.39, 0.29) is 32.6 Å². The third-order valence-corrected chi connectivity index (χ3v) is 8.82. The SMILES string of the molecule is CCCCC/C=C\C=C/[C@H](O)C/C=C\C/C=C/CCCC(=O)O[C@H](COC(=O)CCCC/C=C\C/C=C\C/C=C\CCCCC)COP(=O)(O)OCCN. The largest absolute Gasteiger partial charge is 0.472 e. The molecule has 10 nitrogen and oxygen atoms in total. The maximum Gasteiger partial charge on any atom is 0.472 e. The quantitative estimate of drug-likeness (QED) is 0.0184. The van der Waals surface area contributed by atoms with Gasteiger partial charge in [0.25, 0.3) is 0 Å². The van der Waals surface area contributed by atoms with E-state index in [1.165, 1.54) is 38.5 Å². The smallest absolute Gasteiger partial charge is 0.462 e. The van der Waals surface area contributed by atoms with Crippen LogP contribution in [0.1, 0.15) is 136 Å². The zero-order chi connectivity index (χ0) is 39.8. The highest BCUT2D eigenvalue weighted by atomic mass is 31.2. The number of aliphatic hydroxyl groups excluding tert-OH is 1. The molecule has 0 aliphatic heterocycles. The second-order valence-corrected chi connectivity index (χ2v) is 14.4. The van der Waals surface area contributed by atoms with Crippen LogP contribution in [0.5, 0.6) is 0 Å². The summed E-state index contributed by atoms with van der Waals surface area (Å²) < 4.78 is 32.6. The molecule has 0 saturated heterocycles. The number of esters is 2. The molecule has 0 aromatic carbocycles. The summed E-state index contributed by atoms with van der Waals surface area (Å²) in [5.74, 6) is -0.991. The Labute approximate surface area is 326 Å². The Morgan fingerprint density at radius 3 is 1.80 bits per heavy atom. The molecule has 0 aromatic heterocycles. The summed E-state index contributed by atoms with van der Waals surface area (Å²) in [4.78, 5) is 34.8. The van der Waals surface area contributed by atoms with Gasteiger partial charge >= 0.3 is 19.8 Å². The van der Waals surface area contributed by atoms with Crippen LogP contribution in [-0.2, 0) is 32.7 Å². The average Bonchev–Trinajstić information content (AvgIpc) is 3.15. The normalized spacial score (nSPS) is 14.8. The van der Waals surface area contributed by atoms with E-state index < -0.39 is 38.6 Å². The van der Waals surface area contributed by atoms with Crippen molar-refractivity contribution in [1.29, 1.82) is 0 Å². The number of phosphoric acid groups is 1. The maximum atomic E-state index is 12.5. The lowest BCUT2D eigenvalue weighted by molar-refractivity contribution is -0.161. The zero-order valence-corrected chi connectivity index (χ0v) is 34.2. The number of allylic oxidation sites excluding steroid dienone is 12. The van der Waals surface area contributed by atoms with E-state index in [0.717, 1.165) is 38.5 Å². The number of rotatable bonds is 36. The van der Waals surface area contributed by atoms with E-state index in [0.29, 0.717) is 32.1 Å². The average molecular weight is 778 g/mol. The van der Waals surface area contributed by atoms with Crippen molar-refractivity contribution in [2.45, 2.75) is 148 Å². The van der Waals surface area contributed by atoms with Crippen LogP contribution in [0.2, 0.25) is 0 Å². The van der Waals surface area contributed by atoms with Gasteiger partial charge in [-0.25, -0.2) is 4.57 Å². The van der Waals surface area contributed by atoms with Gasteiger partial charge in [0, 0.05) is 19.4 Å². The van der Waals surface area contributed by atoms with Crippen LogP contribution in [0, 0.1) is 0 Å². The first kappa shape index (κ1) is 51.1. The molecular formula is C43H72NO9P. The molecule has 0 amide bonds. The molecule has 0 aliphatic carbocycles. The summed E-state index contributed by atoms with van der Waals surface area (Å²) in [6.07, 6.45) is 43.6. The van der Waals surface area contributed by atoms with Gasteiger partial charge < -0.3 is 25.2 Å². The molecule has 4 N–H and O–H groups in total. The van der Waals surface area contributed by atoms with Gasteiger partial charge in [-0.3, -0.25) is 18.6 Å². The standard InChI is InChI=1S/C43H72NO9P/c1-3-5-7-9-11-12-13-14-15-16-17-18-22-26-30-34-42(46)50-38-41(39-52-54(48,49)51-37-36-44)53-43(47)35-31-27-23-19-21-25-29-33-40(45)32-28-24-20-10-8-6-4-2/h11-12,14-15,17-20,23-25,28-29,32,40-41,45H,3-10,13,16,21-22,26-27,30-31,33-39,44H2,1-2H3,(H,48,49)/b12-11-,15-14-,18-17-,23-19+,24-20-,29-25-,32-28-/t40-,41+/m0/s1. The molecule has 0 heterocycles. The molecule has 1 unspecified atom stereocenters. The van der Waals surface area contributed by atoms with Crippen molar-refractivity contribution in [2.75, 3.05) is 26.4 Å². The summed E-state index contributed by atoms with van der Waals surface area (Å²) in [7, 11) is -4.42. The lowest BCUT2D eigenvalue weighted by atomic mass is 10.1. The number of aliphatic hydroxyl groups is 1. The van der Waals surface area contributed by atoms with E-state index in [4.69, 9.17) is 24.3 Å². The number of hydrogen-bond donors (Lipinski definition) is 3. The van der Waals surface area contributed by atoms with Crippen molar-refractivity contribution >= 4 is 19.8 Å². The van der Waals surface area contributed by atoms with E-state index in [9.17, 15) is 24.2 Å². The molecule has 54 heavy (non-hydrogen) atoms. The minimum absolute atomic E-state index is 0.0245. The first-order chi connectivity index (χ1) is 26.2. The number of carbonyl (C=O) groups is 2. The minimum atomic E-state index is -4.42.